The van der Waals surface area contributed by atoms with E-state index in [4.69, 9.17) is 0 Å². The number of fused-ring (bicyclic) bond motifs is 2. The van der Waals surface area contributed by atoms with Crippen LogP contribution in [0, 0.1) is 0 Å². The summed E-state index contributed by atoms with van der Waals surface area (Å²) < 4.78 is 0. The number of H-pyrrole nitrogens is 1. The van der Waals surface area contributed by atoms with Gasteiger partial charge in [0.1, 0.15) is 6.04 Å². The smallest absolute Gasteiger partial charge is 0.262 e. The summed E-state index contributed by atoms with van der Waals surface area (Å²) in [7, 11) is 0. The number of benzene rings is 2. The van der Waals surface area contributed by atoms with Gasteiger partial charge in [-0.15, -0.1) is 11.3 Å². The summed E-state index contributed by atoms with van der Waals surface area (Å²) in [6, 6.07) is 19.5. The summed E-state index contributed by atoms with van der Waals surface area (Å²) in [4.78, 5) is 30.0. The molecule has 5 rings (SSSR count). The first-order valence-electron chi connectivity index (χ1n) is 11.4. The number of hydrogen-bond donors (Lipinski definition) is 3. The molecule has 0 spiro atoms. The van der Waals surface area contributed by atoms with E-state index in [9.17, 15) is 9.59 Å². The summed E-state index contributed by atoms with van der Waals surface area (Å²) >= 11 is 1.37. The summed E-state index contributed by atoms with van der Waals surface area (Å²) in [5.74, 6) is -0.0538. The predicted octanol–water partition coefficient (Wildman–Crippen LogP) is 4.81. The Hall–Kier alpha value is -3.38. The molecule has 0 radical (unpaired) electrons. The number of amides is 2. The Morgan fingerprint density at radius 1 is 1.06 bits per heavy atom. The lowest BCUT2D eigenvalue weighted by Gasteiger charge is -2.26. The van der Waals surface area contributed by atoms with E-state index in [-0.39, 0.29) is 11.8 Å². The molecule has 2 heterocycles. The van der Waals surface area contributed by atoms with Crippen LogP contribution in [0.5, 0.6) is 0 Å². The topological polar surface area (TPSA) is 74.0 Å². The van der Waals surface area contributed by atoms with Crippen LogP contribution in [-0.4, -0.2) is 29.4 Å². The molecular weight excluding hydrogens is 430 g/mol. The molecule has 0 saturated heterocycles. The minimum Gasteiger partial charge on any atom is -0.361 e. The van der Waals surface area contributed by atoms with Crippen molar-refractivity contribution in [1.82, 2.24) is 15.6 Å². The molecule has 2 aromatic carbocycles. The van der Waals surface area contributed by atoms with Crippen molar-refractivity contribution in [3.05, 3.63) is 93.8 Å². The maximum absolute atomic E-state index is 13.3. The van der Waals surface area contributed by atoms with E-state index in [1.165, 1.54) is 22.5 Å². The highest BCUT2D eigenvalue weighted by Crippen LogP contribution is 2.31. The van der Waals surface area contributed by atoms with Gasteiger partial charge in [-0.3, -0.25) is 9.59 Å². The fraction of sp³-hybridized carbons (Fsp3) is 0.259. The van der Waals surface area contributed by atoms with Gasteiger partial charge in [0.25, 0.3) is 5.91 Å². The van der Waals surface area contributed by atoms with Crippen LogP contribution in [0.15, 0.2) is 72.2 Å². The first kappa shape index (κ1) is 21.5. The molecule has 2 aromatic heterocycles. The monoisotopic (exact) mass is 457 g/mol. The van der Waals surface area contributed by atoms with Gasteiger partial charge in [0.15, 0.2) is 0 Å². The van der Waals surface area contributed by atoms with Gasteiger partial charge < -0.3 is 15.6 Å². The van der Waals surface area contributed by atoms with Gasteiger partial charge in [0.05, 0.1) is 4.88 Å². The van der Waals surface area contributed by atoms with Crippen molar-refractivity contribution in [2.75, 3.05) is 6.54 Å². The zero-order valence-corrected chi connectivity index (χ0v) is 19.2. The molecule has 5 nitrogen and oxygen atoms in total. The second-order valence-electron chi connectivity index (χ2n) is 8.60. The van der Waals surface area contributed by atoms with Gasteiger partial charge in [-0.2, -0.15) is 0 Å². The van der Waals surface area contributed by atoms with Gasteiger partial charge in [-0.1, -0.05) is 48.5 Å². The number of nitrogens with one attached hydrogen (secondary N) is 3. The van der Waals surface area contributed by atoms with Crippen LogP contribution in [0.4, 0.5) is 0 Å². The lowest BCUT2D eigenvalue weighted by molar-refractivity contribution is -0.123. The highest BCUT2D eigenvalue weighted by molar-refractivity contribution is 7.12. The van der Waals surface area contributed by atoms with Crippen molar-refractivity contribution in [3.8, 4) is 0 Å². The number of thiophene rings is 1. The third-order valence-electron chi connectivity index (χ3n) is 6.48. The quantitative estimate of drug-likeness (QED) is 0.373. The molecule has 0 saturated carbocycles. The van der Waals surface area contributed by atoms with E-state index in [0.717, 1.165) is 35.7 Å². The minimum atomic E-state index is -0.655. The molecule has 3 N–H and O–H groups in total. The molecule has 2 unspecified atom stereocenters. The Morgan fingerprint density at radius 2 is 1.91 bits per heavy atom. The standard InChI is InChI=1S/C27H27N3O2S/c31-26(29-16-19-9-5-8-18-7-1-2-10-21(18)19)24(30-27(32)25-13-6-14-33-25)15-20-17-28-23-12-4-3-11-22(20)23/h1-4,6-7,10-14,17,19,24,28H,5,8-9,15-16H2,(H,29,31)(H,30,32). The second kappa shape index (κ2) is 9.63. The van der Waals surface area contributed by atoms with Crippen LogP contribution >= 0.6 is 11.3 Å². The average molecular weight is 458 g/mol. The number of hydrogen-bond acceptors (Lipinski definition) is 3. The first-order chi connectivity index (χ1) is 16.2. The lowest BCUT2D eigenvalue weighted by atomic mass is 9.83. The molecule has 0 fully saturated rings. The molecule has 2 amide bonds. The molecule has 1 aliphatic rings. The van der Waals surface area contributed by atoms with Gasteiger partial charge in [-0.05, 0) is 53.5 Å². The number of carbonyl (C=O) groups excluding carboxylic acids is 2. The van der Waals surface area contributed by atoms with Crippen molar-refractivity contribution in [2.45, 2.75) is 37.6 Å². The molecule has 4 aromatic rings. The molecule has 168 valence electrons. The van der Waals surface area contributed by atoms with E-state index in [0.29, 0.717) is 23.8 Å². The van der Waals surface area contributed by atoms with Gasteiger partial charge >= 0.3 is 0 Å². The van der Waals surface area contributed by atoms with Crippen molar-refractivity contribution < 1.29 is 9.59 Å². The average Bonchev–Trinajstić information content (AvgIpc) is 3.53. The molecule has 6 heteroatoms. The Balaban J connectivity index is 1.33. The summed E-state index contributed by atoms with van der Waals surface area (Å²) in [6.45, 7) is 0.578. The largest absolute Gasteiger partial charge is 0.361 e. The lowest BCUT2D eigenvalue weighted by Crippen LogP contribution is -2.48. The molecular formula is C27H27N3O2S. The third kappa shape index (κ3) is 4.71. The van der Waals surface area contributed by atoms with Crippen LogP contribution in [0.25, 0.3) is 10.9 Å². The summed E-state index contributed by atoms with van der Waals surface area (Å²) in [5.41, 5.74) is 4.75. The van der Waals surface area contributed by atoms with E-state index < -0.39 is 6.04 Å². The summed E-state index contributed by atoms with van der Waals surface area (Å²) in [6.07, 6.45) is 5.64. The summed E-state index contributed by atoms with van der Waals surface area (Å²) in [5, 5.41) is 9.06. The molecule has 1 aliphatic carbocycles. The first-order valence-corrected chi connectivity index (χ1v) is 12.3. The van der Waals surface area contributed by atoms with Gasteiger partial charge in [0.2, 0.25) is 5.91 Å². The zero-order valence-electron chi connectivity index (χ0n) is 18.3. The van der Waals surface area contributed by atoms with Crippen LogP contribution in [0.2, 0.25) is 0 Å². The number of aromatic amines is 1. The van der Waals surface area contributed by atoms with Gasteiger partial charge in [-0.25, -0.2) is 0 Å². The minimum absolute atomic E-state index is 0.145. The molecule has 2 atom stereocenters. The van der Waals surface area contributed by atoms with E-state index in [2.05, 4.69) is 39.9 Å². The van der Waals surface area contributed by atoms with E-state index in [1.54, 1.807) is 6.07 Å². The SMILES string of the molecule is O=C(NC(Cc1c[nH]c2ccccc12)C(=O)NCC1CCCc2ccccc21)c1cccs1. The van der Waals surface area contributed by atoms with Crippen LogP contribution in [0.1, 0.15) is 45.1 Å². The Labute approximate surface area is 197 Å². The number of para-hydroxylation sites is 1. The maximum Gasteiger partial charge on any atom is 0.262 e. The van der Waals surface area contributed by atoms with Gasteiger partial charge in [0, 0.05) is 36.0 Å². The number of aromatic nitrogens is 1. The van der Waals surface area contributed by atoms with Crippen LogP contribution in [0.3, 0.4) is 0 Å². The molecule has 0 aliphatic heterocycles. The Kier molecular flexibility index (Phi) is 6.26. The van der Waals surface area contributed by atoms with Crippen LogP contribution in [-0.2, 0) is 17.6 Å². The normalized spacial score (nSPS) is 16.2. The number of aryl methyl sites for hydroxylation is 1. The van der Waals surface area contributed by atoms with Crippen molar-refractivity contribution >= 4 is 34.1 Å². The van der Waals surface area contributed by atoms with Crippen LogP contribution < -0.4 is 10.6 Å². The Bertz CT molecular complexity index is 1260. The highest BCUT2D eigenvalue weighted by atomic mass is 32.1. The van der Waals surface area contributed by atoms with E-state index in [1.807, 2.05) is 41.9 Å². The van der Waals surface area contributed by atoms with E-state index >= 15 is 0 Å². The molecule has 0 bridgehead atoms. The fourth-order valence-electron chi connectivity index (χ4n) is 4.78. The van der Waals surface area contributed by atoms with Crippen molar-refractivity contribution in [2.24, 2.45) is 0 Å². The van der Waals surface area contributed by atoms with Crippen molar-refractivity contribution in [1.29, 1.82) is 0 Å². The second-order valence-corrected chi connectivity index (χ2v) is 9.55. The van der Waals surface area contributed by atoms with Crippen molar-refractivity contribution in [3.63, 3.8) is 0 Å². The number of carbonyl (C=O) groups is 2. The fourth-order valence-corrected chi connectivity index (χ4v) is 5.41. The third-order valence-corrected chi connectivity index (χ3v) is 7.35. The predicted molar refractivity (Wildman–Crippen MR) is 133 cm³/mol. The highest BCUT2D eigenvalue weighted by Gasteiger charge is 2.26. The number of rotatable bonds is 7. The Morgan fingerprint density at radius 3 is 2.79 bits per heavy atom. The molecule has 33 heavy (non-hydrogen) atoms. The zero-order chi connectivity index (χ0) is 22.6. The maximum atomic E-state index is 13.3.